The summed E-state index contributed by atoms with van der Waals surface area (Å²) in [5, 5.41) is 12.3. The third kappa shape index (κ3) is 6.36. The van der Waals surface area contributed by atoms with Gasteiger partial charge in [-0.15, -0.1) is 0 Å². The van der Waals surface area contributed by atoms with Gasteiger partial charge in [0.15, 0.2) is 0 Å². The fraction of sp³-hybridized carbons (Fsp3) is 0.929. The standard InChI is InChI=1S/C14H29NO3/c1-6-8-11(3)10-18-12(4)9-14(5,13(16)17)15-7-2/h11-12,15H,6-10H2,1-5H3,(H,16,17). The largest absolute Gasteiger partial charge is 0.480 e. The first kappa shape index (κ1) is 17.4. The molecule has 0 rings (SSSR count). The van der Waals surface area contributed by atoms with Crippen LogP contribution in [0.25, 0.3) is 0 Å². The van der Waals surface area contributed by atoms with Crippen molar-refractivity contribution >= 4 is 5.97 Å². The zero-order valence-corrected chi connectivity index (χ0v) is 12.5. The predicted octanol–water partition coefficient (Wildman–Crippen LogP) is 2.67. The number of carboxylic acid groups (broad SMARTS) is 1. The molecule has 0 aliphatic rings. The minimum absolute atomic E-state index is 0.0514. The molecule has 0 radical (unpaired) electrons. The molecule has 3 unspecified atom stereocenters. The summed E-state index contributed by atoms with van der Waals surface area (Å²) >= 11 is 0. The highest BCUT2D eigenvalue weighted by Crippen LogP contribution is 2.16. The lowest BCUT2D eigenvalue weighted by Crippen LogP contribution is -2.51. The van der Waals surface area contributed by atoms with E-state index in [4.69, 9.17) is 4.74 Å². The molecule has 0 aliphatic carbocycles. The summed E-state index contributed by atoms with van der Waals surface area (Å²) < 4.78 is 5.75. The SMILES string of the molecule is CCCC(C)COC(C)CC(C)(NCC)C(=O)O. The third-order valence-electron chi connectivity index (χ3n) is 3.18. The van der Waals surface area contributed by atoms with E-state index in [0.29, 0.717) is 25.5 Å². The number of ether oxygens (including phenoxy) is 1. The Labute approximate surface area is 111 Å². The maximum Gasteiger partial charge on any atom is 0.323 e. The van der Waals surface area contributed by atoms with E-state index >= 15 is 0 Å². The van der Waals surface area contributed by atoms with Crippen LogP contribution in [-0.4, -0.2) is 35.9 Å². The Kier molecular flexibility index (Phi) is 8.20. The maximum absolute atomic E-state index is 11.3. The van der Waals surface area contributed by atoms with E-state index < -0.39 is 11.5 Å². The molecule has 2 N–H and O–H groups in total. The van der Waals surface area contributed by atoms with Gasteiger partial charge in [0.2, 0.25) is 0 Å². The number of carbonyl (C=O) groups is 1. The maximum atomic E-state index is 11.3. The molecule has 0 saturated carbocycles. The average Bonchev–Trinajstić information content (AvgIpc) is 2.27. The third-order valence-corrected chi connectivity index (χ3v) is 3.18. The van der Waals surface area contributed by atoms with Gasteiger partial charge in [-0.3, -0.25) is 4.79 Å². The van der Waals surface area contributed by atoms with Crippen LogP contribution in [0.5, 0.6) is 0 Å². The van der Waals surface area contributed by atoms with Crippen molar-refractivity contribution in [2.75, 3.05) is 13.2 Å². The molecule has 0 amide bonds. The van der Waals surface area contributed by atoms with Crippen LogP contribution in [0.2, 0.25) is 0 Å². The first-order chi connectivity index (χ1) is 8.35. The van der Waals surface area contributed by atoms with Crippen LogP contribution in [-0.2, 0) is 9.53 Å². The highest BCUT2D eigenvalue weighted by atomic mass is 16.5. The molecular weight excluding hydrogens is 230 g/mol. The molecular formula is C14H29NO3. The summed E-state index contributed by atoms with van der Waals surface area (Å²) in [7, 11) is 0. The number of likely N-dealkylation sites (N-methyl/N-ethyl adjacent to an activating group) is 1. The quantitative estimate of drug-likeness (QED) is 0.633. The molecule has 4 heteroatoms. The van der Waals surface area contributed by atoms with Gasteiger partial charge >= 0.3 is 5.97 Å². The molecule has 4 nitrogen and oxygen atoms in total. The molecule has 0 aliphatic heterocycles. The Bertz CT molecular complexity index is 245. The summed E-state index contributed by atoms with van der Waals surface area (Å²) in [4.78, 5) is 11.3. The smallest absolute Gasteiger partial charge is 0.323 e. The summed E-state index contributed by atoms with van der Waals surface area (Å²) in [6.45, 7) is 11.2. The van der Waals surface area contributed by atoms with Gasteiger partial charge in [-0.2, -0.15) is 0 Å². The van der Waals surface area contributed by atoms with Gasteiger partial charge in [0.1, 0.15) is 5.54 Å². The van der Waals surface area contributed by atoms with E-state index in [1.54, 1.807) is 6.92 Å². The molecule has 108 valence electrons. The lowest BCUT2D eigenvalue weighted by Gasteiger charge is -2.29. The monoisotopic (exact) mass is 259 g/mol. The number of hydrogen-bond donors (Lipinski definition) is 2. The van der Waals surface area contributed by atoms with Crippen molar-refractivity contribution in [1.82, 2.24) is 5.32 Å². The van der Waals surface area contributed by atoms with Crippen LogP contribution in [0.15, 0.2) is 0 Å². The Morgan fingerprint density at radius 2 is 2.00 bits per heavy atom. The minimum Gasteiger partial charge on any atom is -0.480 e. The summed E-state index contributed by atoms with van der Waals surface area (Å²) in [6.07, 6.45) is 2.73. The van der Waals surface area contributed by atoms with Crippen LogP contribution in [0.4, 0.5) is 0 Å². The highest BCUT2D eigenvalue weighted by molar-refractivity contribution is 5.78. The van der Waals surface area contributed by atoms with Crippen LogP contribution in [0.3, 0.4) is 0 Å². The second kappa shape index (κ2) is 8.48. The molecule has 0 heterocycles. The Morgan fingerprint density at radius 1 is 1.39 bits per heavy atom. The Hall–Kier alpha value is -0.610. The lowest BCUT2D eigenvalue weighted by atomic mass is 9.94. The van der Waals surface area contributed by atoms with Gasteiger partial charge < -0.3 is 15.2 Å². The number of nitrogens with one attached hydrogen (secondary N) is 1. The van der Waals surface area contributed by atoms with E-state index in [-0.39, 0.29) is 6.10 Å². The van der Waals surface area contributed by atoms with Gasteiger partial charge in [-0.05, 0) is 32.7 Å². The van der Waals surface area contributed by atoms with Crippen molar-refractivity contribution < 1.29 is 14.6 Å². The van der Waals surface area contributed by atoms with Crippen LogP contribution in [0, 0.1) is 5.92 Å². The van der Waals surface area contributed by atoms with E-state index in [1.165, 1.54) is 0 Å². The van der Waals surface area contributed by atoms with Gasteiger partial charge in [0.25, 0.3) is 0 Å². The second-order valence-electron chi connectivity index (χ2n) is 5.41. The first-order valence-corrected chi connectivity index (χ1v) is 6.95. The predicted molar refractivity (Wildman–Crippen MR) is 73.8 cm³/mol. The molecule has 0 saturated heterocycles. The van der Waals surface area contributed by atoms with Crippen molar-refractivity contribution in [3.05, 3.63) is 0 Å². The van der Waals surface area contributed by atoms with Gasteiger partial charge in [-0.25, -0.2) is 0 Å². The fourth-order valence-electron chi connectivity index (χ4n) is 2.16. The molecule has 0 aromatic rings. The fourth-order valence-corrected chi connectivity index (χ4v) is 2.16. The van der Waals surface area contributed by atoms with E-state index in [2.05, 4.69) is 19.2 Å². The Balaban J connectivity index is 4.18. The summed E-state index contributed by atoms with van der Waals surface area (Å²) in [5.74, 6) is -0.283. The summed E-state index contributed by atoms with van der Waals surface area (Å²) in [6, 6.07) is 0. The van der Waals surface area contributed by atoms with E-state index in [9.17, 15) is 9.90 Å². The molecule has 0 spiro atoms. The van der Waals surface area contributed by atoms with E-state index in [1.807, 2.05) is 13.8 Å². The second-order valence-corrected chi connectivity index (χ2v) is 5.41. The van der Waals surface area contributed by atoms with Gasteiger partial charge in [-0.1, -0.05) is 27.2 Å². The Morgan fingerprint density at radius 3 is 2.44 bits per heavy atom. The topological polar surface area (TPSA) is 58.6 Å². The normalized spacial score (nSPS) is 18.1. The van der Waals surface area contributed by atoms with Crippen molar-refractivity contribution in [1.29, 1.82) is 0 Å². The van der Waals surface area contributed by atoms with Gasteiger partial charge in [0, 0.05) is 13.0 Å². The highest BCUT2D eigenvalue weighted by Gasteiger charge is 2.34. The molecule has 0 aromatic heterocycles. The molecule has 0 fully saturated rings. The minimum atomic E-state index is -0.901. The van der Waals surface area contributed by atoms with Crippen molar-refractivity contribution in [3.63, 3.8) is 0 Å². The molecule has 0 aromatic carbocycles. The number of rotatable bonds is 10. The lowest BCUT2D eigenvalue weighted by molar-refractivity contribution is -0.146. The summed E-state index contributed by atoms with van der Waals surface area (Å²) in [5.41, 5.74) is -0.901. The molecule has 3 atom stereocenters. The first-order valence-electron chi connectivity index (χ1n) is 6.95. The number of aliphatic carboxylic acids is 1. The van der Waals surface area contributed by atoms with Crippen LogP contribution in [0.1, 0.15) is 53.9 Å². The molecule has 18 heavy (non-hydrogen) atoms. The number of carboxylic acids is 1. The average molecular weight is 259 g/mol. The van der Waals surface area contributed by atoms with E-state index in [0.717, 1.165) is 12.8 Å². The van der Waals surface area contributed by atoms with Gasteiger partial charge in [0.05, 0.1) is 6.10 Å². The van der Waals surface area contributed by atoms with Crippen molar-refractivity contribution in [3.8, 4) is 0 Å². The van der Waals surface area contributed by atoms with Crippen molar-refractivity contribution in [2.24, 2.45) is 5.92 Å². The zero-order chi connectivity index (χ0) is 14.2. The van der Waals surface area contributed by atoms with Crippen molar-refractivity contribution in [2.45, 2.75) is 65.5 Å². The molecule has 0 bridgehead atoms. The number of hydrogen-bond acceptors (Lipinski definition) is 3. The zero-order valence-electron chi connectivity index (χ0n) is 12.5. The van der Waals surface area contributed by atoms with Crippen LogP contribution >= 0.6 is 0 Å². The van der Waals surface area contributed by atoms with Crippen LogP contribution < -0.4 is 5.32 Å².